The number of amides is 1. The number of fused-ring (bicyclic) bond motifs is 1. The Labute approximate surface area is 206 Å². The molecule has 0 aliphatic heterocycles. The number of carboxylic acid groups (broad SMARTS) is 1. The number of benzene rings is 3. The maximum atomic E-state index is 13.8. The first-order valence-corrected chi connectivity index (χ1v) is 12.1. The molecule has 0 saturated carbocycles. The molecule has 3 aromatic carbocycles. The van der Waals surface area contributed by atoms with E-state index < -0.39 is 5.97 Å². The summed E-state index contributed by atoms with van der Waals surface area (Å²) in [7, 11) is 0. The highest BCUT2D eigenvalue weighted by molar-refractivity contribution is 5.99. The predicted molar refractivity (Wildman–Crippen MR) is 140 cm³/mol. The quantitative estimate of drug-likeness (QED) is 0.312. The highest BCUT2D eigenvalue weighted by atomic mass is 16.5. The summed E-state index contributed by atoms with van der Waals surface area (Å²) in [6, 6.07) is 19.1. The zero-order valence-electron chi connectivity index (χ0n) is 20.2. The number of ether oxygens (including phenoxy) is 1. The molecule has 0 heterocycles. The fourth-order valence-electron chi connectivity index (χ4n) is 4.63. The van der Waals surface area contributed by atoms with Gasteiger partial charge in [0.25, 0.3) is 5.91 Å². The summed E-state index contributed by atoms with van der Waals surface area (Å²) >= 11 is 0. The molecule has 0 radical (unpaired) electrons. The van der Waals surface area contributed by atoms with Gasteiger partial charge in [-0.15, -0.1) is 0 Å². The minimum absolute atomic E-state index is 0.0655. The van der Waals surface area contributed by atoms with Gasteiger partial charge in [-0.05, 0) is 67.8 Å². The van der Waals surface area contributed by atoms with Gasteiger partial charge in [0, 0.05) is 11.9 Å². The molecular formula is C30H31NO4. The fraction of sp³-hybridized carbons (Fsp3) is 0.267. The molecule has 1 aliphatic rings. The van der Waals surface area contributed by atoms with Crippen molar-refractivity contribution in [3.05, 3.63) is 95.1 Å². The Bertz CT molecular complexity index is 1290. The van der Waals surface area contributed by atoms with Gasteiger partial charge in [-0.3, -0.25) is 4.79 Å². The first kappa shape index (κ1) is 24.3. The zero-order chi connectivity index (χ0) is 24.8. The molecule has 0 aromatic heterocycles. The lowest BCUT2D eigenvalue weighted by molar-refractivity contribution is -0.128. The van der Waals surface area contributed by atoms with Crippen molar-refractivity contribution >= 4 is 28.7 Å². The summed E-state index contributed by atoms with van der Waals surface area (Å²) in [6.45, 7) is 4.46. The Balaban J connectivity index is 1.68. The Kier molecular flexibility index (Phi) is 7.66. The van der Waals surface area contributed by atoms with Gasteiger partial charge >= 0.3 is 5.97 Å². The number of nitrogens with zero attached hydrogens (tertiary/aromatic N) is 1. The molecule has 1 unspecified atom stereocenters. The zero-order valence-corrected chi connectivity index (χ0v) is 20.2. The molecule has 5 nitrogen and oxygen atoms in total. The van der Waals surface area contributed by atoms with Gasteiger partial charge in [-0.25, -0.2) is 4.79 Å². The van der Waals surface area contributed by atoms with E-state index >= 15 is 0 Å². The minimum atomic E-state index is -0.963. The van der Waals surface area contributed by atoms with Crippen LogP contribution >= 0.6 is 0 Å². The molecule has 4 rings (SSSR count). The highest BCUT2D eigenvalue weighted by Crippen LogP contribution is 2.27. The Hall–Kier alpha value is -3.86. The maximum Gasteiger partial charge on any atom is 0.335 e. The van der Waals surface area contributed by atoms with Crippen molar-refractivity contribution in [3.63, 3.8) is 0 Å². The Morgan fingerprint density at radius 2 is 1.91 bits per heavy atom. The molecule has 35 heavy (non-hydrogen) atoms. The van der Waals surface area contributed by atoms with E-state index in [0.717, 1.165) is 41.3 Å². The number of carbonyl (C=O) groups is 2. The maximum absolute atomic E-state index is 13.8. The first-order valence-electron chi connectivity index (χ1n) is 12.1. The normalized spacial score (nSPS) is 15.7. The van der Waals surface area contributed by atoms with Crippen molar-refractivity contribution < 1.29 is 19.4 Å². The smallest absolute Gasteiger partial charge is 0.335 e. The van der Waals surface area contributed by atoms with E-state index in [2.05, 4.69) is 12.2 Å². The van der Waals surface area contributed by atoms with Crippen LogP contribution in [0.1, 0.15) is 47.7 Å². The molecule has 1 amide bonds. The van der Waals surface area contributed by atoms with Crippen molar-refractivity contribution in [3.8, 4) is 5.75 Å². The van der Waals surface area contributed by atoms with Crippen LogP contribution in [0, 0.1) is 6.92 Å². The second-order valence-electron chi connectivity index (χ2n) is 8.83. The first-order chi connectivity index (χ1) is 17.0. The molecule has 0 spiro atoms. The molecule has 1 N–H and O–H groups in total. The largest absolute Gasteiger partial charge is 0.488 e. The number of allylic oxidation sites excluding steroid dienone is 1. The molecule has 3 aromatic rings. The van der Waals surface area contributed by atoms with Gasteiger partial charge in [-0.2, -0.15) is 0 Å². The van der Waals surface area contributed by atoms with Crippen LogP contribution in [-0.2, 0) is 4.79 Å². The third-order valence-corrected chi connectivity index (χ3v) is 6.46. The van der Waals surface area contributed by atoms with Crippen LogP contribution in [0.15, 0.2) is 78.4 Å². The summed E-state index contributed by atoms with van der Waals surface area (Å²) in [5.41, 5.74) is 2.20. The predicted octanol–water partition coefficient (Wildman–Crippen LogP) is 6.27. The number of carboxylic acids is 1. The van der Waals surface area contributed by atoms with Crippen LogP contribution in [0.2, 0.25) is 0 Å². The molecule has 1 atom stereocenters. The number of hydrogen-bond acceptors (Lipinski definition) is 3. The Morgan fingerprint density at radius 1 is 1.11 bits per heavy atom. The average Bonchev–Trinajstić information content (AvgIpc) is 2.87. The number of carbonyl (C=O) groups excluding carboxylic acids is 1. The van der Waals surface area contributed by atoms with Crippen LogP contribution in [0.4, 0.5) is 0 Å². The van der Waals surface area contributed by atoms with E-state index in [4.69, 9.17) is 4.74 Å². The van der Waals surface area contributed by atoms with Crippen molar-refractivity contribution in [1.82, 2.24) is 4.90 Å². The van der Waals surface area contributed by atoms with Crippen LogP contribution < -0.4 is 4.74 Å². The average molecular weight is 470 g/mol. The van der Waals surface area contributed by atoms with Gasteiger partial charge in [-0.1, -0.05) is 60.7 Å². The summed E-state index contributed by atoms with van der Waals surface area (Å²) < 4.78 is 6.22. The van der Waals surface area contributed by atoms with E-state index in [0.29, 0.717) is 17.7 Å². The number of hydrogen-bond donors (Lipinski definition) is 1. The molecule has 5 heteroatoms. The van der Waals surface area contributed by atoms with E-state index in [9.17, 15) is 14.7 Å². The van der Waals surface area contributed by atoms with E-state index in [1.165, 1.54) is 0 Å². The lowest BCUT2D eigenvalue weighted by Crippen LogP contribution is -2.41. The standard InChI is InChI=1S/C30H31NO4/c1-3-31(25-12-5-4-6-13-25)29(32)24(19-22-16-17-26(30(33)34)21(2)18-22)20-35-28-15-9-11-23-10-7-8-14-27(23)28/h5,7-12,14-19,25H,3-4,6,13,20H2,1-2H3,(H,33,34). The summed E-state index contributed by atoms with van der Waals surface area (Å²) in [5, 5.41) is 11.4. The van der Waals surface area contributed by atoms with Crippen LogP contribution in [0.25, 0.3) is 16.8 Å². The van der Waals surface area contributed by atoms with Crippen LogP contribution in [-0.4, -0.2) is 41.1 Å². The fourth-order valence-corrected chi connectivity index (χ4v) is 4.63. The van der Waals surface area contributed by atoms with Gasteiger partial charge < -0.3 is 14.7 Å². The van der Waals surface area contributed by atoms with Gasteiger partial charge in [0.05, 0.1) is 17.2 Å². The lowest BCUT2D eigenvalue weighted by Gasteiger charge is -2.31. The second-order valence-corrected chi connectivity index (χ2v) is 8.83. The summed E-state index contributed by atoms with van der Waals surface area (Å²) in [6.07, 6.45) is 9.14. The number of likely N-dealkylation sites (N-methyl/N-ethyl adjacent to an activating group) is 1. The van der Waals surface area contributed by atoms with Crippen molar-refractivity contribution in [2.75, 3.05) is 13.2 Å². The van der Waals surface area contributed by atoms with Gasteiger partial charge in [0.15, 0.2) is 0 Å². The molecular weight excluding hydrogens is 438 g/mol. The van der Waals surface area contributed by atoms with E-state index in [1.807, 2.05) is 60.4 Å². The monoisotopic (exact) mass is 469 g/mol. The number of aryl methyl sites for hydroxylation is 1. The lowest BCUT2D eigenvalue weighted by atomic mass is 9.99. The summed E-state index contributed by atoms with van der Waals surface area (Å²) in [4.78, 5) is 27.1. The van der Waals surface area contributed by atoms with Crippen molar-refractivity contribution in [2.24, 2.45) is 0 Å². The van der Waals surface area contributed by atoms with Gasteiger partial charge in [0.2, 0.25) is 0 Å². The molecule has 0 fully saturated rings. The van der Waals surface area contributed by atoms with Crippen molar-refractivity contribution in [1.29, 1.82) is 0 Å². The third kappa shape index (κ3) is 5.62. The third-order valence-electron chi connectivity index (χ3n) is 6.46. The van der Waals surface area contributed by atoms with Crippen molar-refractivity contribution in [2.45, 2.75) is 39.2 Å². The molecule has 0 saturated heterocycles. The molecule has 180 valence electrons. The van der Waals surface area contributed by atoms with Gasteiger partial charge in [0.1, 0.15) is 12.4 Å². The molecule has 0 bridgehead atoms. The SMILES string of the molecule is CCN(C(=O)C(=Cc1ccc(C(=O)O)c(C)c1)COc1cccc2ccccc12)C1C=CCCC1. The second kappa shape index (κ2) is 11.0. The minimum Gasteiger partial charge on any atom is -0.488 e. The van der Waals surface area contributed by atoms with E-state index in [1.54, 1.807) is 25.1 Å². The van der Waals surface area contributed by atoms with Crippen LogP contribution in [0.5, 0.6) is 5.75 Å². The number of aromatic carboxylic acids is 1. The Morgan fingerprint density at radius 3 is 2.63 bits per heavy atom. The summed E-state index contributed by atoms with van der Waals surface area (Å²) in [5.74, 6) is -0.307. The highest BCUT2D eigenvalue weighted by Gasteiger charge is 2.25. The van der Waals surface area contributed by atoms with Crippen LogP contribution in [0.3, 0.4) is 0 Å². The molecule has 1 aliphatic carbocycles. The number of rotatable bonds is 8. The topological polar surface area (TPSA) is 66.8 Å². The van der Waals surface area contributed by atoms with E-state index in [-0.39, 0.29) is 24.1 Å².